The molecule has 13 heteroatoms. The molecular weight excluding hydrogens is 327 g/mol. The number of nitrogens with zero attached hydrogens (tertiary/aromatic N) is 1. The molecule has 0 unspecified atom stereocenters. The first-order chi connectivity index (χ1) is 7.33. The number of nitriles is 1. The molecule has 0 aromatic rings. The number of carbonyl (C=O) groups excluding carboxylic acids is 1. The fourth-order valence-corrected chi connectivity index (χ4v) is 0.662. The molecule has 0 spiro atoms. The molecule has 0 saturated heterocycles. The van der Waals surface area contributed by atoms with Crippen LogP contribution in [0.15, 0.2) is 0 Å². The van der Waals surface area contributed by atoms with E-state index in [4.69, 9.17) is 30.8 Å². The van der Waals surface area contributed by atoms with Gasteiger partial charge in [0.2, 0.25) is 0 Å². The van der Waals surface area contributed by atoms with Crippen molar-refractivity contribution >= 4 is 18.6 Å². The standard InChI is InChI=1S/C6H12O7.CHNS.3Na.H2O/c7-1-2(8)3(9)4(10)5(11)6(12)13;2-1-3;;;;/h2-5,7-11H,1H2,(H,12,13);3H;;;;1H2/q;;3*+1;/p-3/t2-,3-,4+,5-;;;;;/m1...../s1. The third-order valence-electron chi connectivity index (χ3n) is 1.50. The predicted octanol–water partition coefficient (Wildman–Crippen LogP) is -14.0. The number of aliphatic carboxylic acids is 1. The molecule has 0 aliphatic rings. The Balaban J connectivity index is -0.0000000641. The van der Waals surface area contributed by atoms with Crippen molar-refractivity contribution in [3.63, 3.8) is 0 Å². The van der Waals surface area contributed by atoms with E-state index in [9.17, 15) is 9.90 Å². The Morgan fingerprint density at radius 3 is 1.65 bits per heavy atom. The zero-order valence-corrected chi connectivity index (χ0v) is 18.2. The van der Waals surface area contributed by atoms with Crippen molar-refractivity contribution in [2.24, 2.45) is 0 Å². The second kappa shape index (κ2) is 23.2. The number of carbonyl (C=O) groups is 1. The summed E-state index contributed by atoms with van der Waals surface area (Å²) in [5.41, 5.74) is 0. The van der Waals surface area contributed by atoms with Gasteiger partial charge in [0.25, 0.3) is 0 Å². The van der Waals surface area contributed by atoms with Gasteiger partial charge in [0.05, 0.1) is 12.6 Å². The van der Waals surface area contributed by atoms with E-state index in [0.29, 0.717) is 0 Å². The summed E-state index contributed by atoms with van der Waals surface area (Å²) >= 11 is 3.70. The normalized spacial score (nSPS) is 13.6. The number of hydrogen-bond acceptors (Lipinski definition) is 10. The van der Waals surface area contributed by atoms with Crippen LogP contribution in [0.2, 0.25) is 0 Å². The quantitative estimate of drug-likeness (QED) is 0.182. The number of aliphatic hydroxyl groups excluding tert-OH is 5. The summed E-state index contributed by atoms with van der Waals surface area (Å²) in [4.78, 5) is 9.98. The maximum absolute atomic E-state index is 9.98. The fourth-order valence-electron chi connectivity index (χ4n) is 0.662. The van der Waals surface area contributed by atoms with Crippen LogP contribution < -0.4 is 93.8 Å². The average molecular weight is 339 g/mol. The summed E-state index contributed by atoms with van der Waals surface area (Å²) in [5.74, 6) is -1.98. The zero-order valence-electron chi connectivity index (χ0n) is 11.4. The third-order valence-corrected chi connectivity index (χ3v) is 1.50. The molecule has 9 nitrogen and oxygen atoms in total. The van der Waals surface area contributed by atoms with Crippen LogP contribution in [-0.4, -0.2) is 68.0 Å². The summed E-state index contributed by atoms with van der Waals surface area (Å²) in [6.07, 6.45) is -8.08. The van der Waals surface area contributed by atoms with Crippen molar-refractivity contribution in [1.82, 2.24) is 0 Å². The van der Waals surface area contributed by atoms with E-state index in [0.717, 1.165) is 0 Å². The molecule has 0 heterocycles. The fraction of sp³-hybridized carbons (Fsp3) is 0.714. The zero-order chi connectivity index (χ0) is 13.3. The number of carboxylic acid groups (broad SMARTS) is 1. The largest absolute Gasteiger partial charge is 1.00 e. The Labute approximate surface area is 187 Å². The van der Waals surface area contributed by atoms with Gasteiger partial charge in [-0.25, -0.2) is 5.26 Å². The molecule has 0 fully saturated rings. The van der Waals surface area contributed by atoms with E-state index < -0.39 is 37.0 Å². The number of thiocyanates is 1. The molecule has 0 aliphatic heterocycles. The summed E-state index contributed by atoms with van der Waals surface area (Å²) in [7, 11) is 0. The van der Waals surface area contributed by atoms with Crippen LogP contribution in [0.1, 0.15) is 0 Å². The molecule has 4 atom stereocenters. The van der Waals surface area contributed by atoms with Crippen LogP contribution in [0.5, 0.6) is 0 Å². The Hall–Kier alpha value is 1.94. The molecule has 0 radical (unpaired) electrons. The molecule has 0 amide bonds. The van der Waals surface area contributed by atoms with Crippen molar-refractivity contribution < 1.29 is 130 Å². The van der Waals surface area contributed by atoms with E-state index in [-0.39, 0.29) is 94.1 Å². The van der Waals surface area contributed by atoms with Gasteiger partial charge in [0.1, 0.15) is 24.4 Å². The molecule has 0 bridgehead atoms. The van der Waals surface area contributed by atoms with Crippen LogP contribution >= 0.6 is 0 Å². The van der Waals surface area contributed by atoms with E-state index in [1.165, 1.54) is 5.40 Å². The third kappa shape index (κ3) is 18.0. The van der Waals surface area contributed by atoms with Crippen LogP contribution in [0.3, 0.4) is 0 Å². The molecule has 0 aromatic carbocycles. The minimum absolute atomic E-state index is 0. The Bertz CT molecular complexity index is 257. The maximum Gasteiger partial charge on any atom is 1.00 e. The van der Waals surface area contributed by atoms with Crippen LogP contribution in [-0.2, 0) is 17.4 Å². The van der Waals surface area contributed by atoms with Gasteiger partial charge in [-0.3, -0.25) is 0 Å². The van der Waals surface area contributed by atoms with E-state index >= 15 is 0 Å². The number of aliphatic hydroxyl groups is 5. The SMILES string of the molecule is N#C[S-].O=C([O-])[C@H](O)[C@@H](O)[C@H](O)[C@H](O)CO.[Na+].[Na+].[Na+].[OH-]. The van der Waals surface area contributed by atoms with Gasteiger partial charge in [0, 0.05) is 0 Å². The van der Waals surface area contributed by atoms with Crippen LogP contribution in [0, 0.1) is 10.7 Å². The Morgan fingerprint density at radius 1 is 1.15 bits per heavy atom. The van der Waals surface area contributed by atoms with Crippen molar-refractivity contribution in [3.8, 4) is 5.40 Å². The minimum Gasteiger partial charge on any atom is -0.870 e. The van der Waals surface area contributed by atoms with Crippen LogP contribution in [0.25, 0.3) is 0 Å². The first-order valence-corrected chi connectivity index (χ1v) is 4.29. The van der Waals surface area contributed by atoms with Gasteiger partial charge in [-0.2, -0.15) is 0 Å². The second-order valence-corrected chi connectivity index (χ2v) is 2.77. The number of hydrogen-bond donors (Lipinski definition) is 5. The molecule has 20 heavy (non-hydrogen) atoms. The van der Waals surface area contributed by atoms with Gasteiger partial charge in [-0.1, -0.05) is 5.40 Å². The molecule has 0 saturated carbocycles. The van der Waals surface area contributed by atoms with Crippen molar-refractivity contribution in [1.29, 1.82) is 5.26 Å². The minimum atomic E-state index is -2.31. The summed E-state index contributed by atoms with van der Waals surface area (Å²) in [5, 5.41) is 61.9. The van der Waals surface area contributed by atoms with Gasteiger partial charge >= 0.3 is 88.7 Å². The first-order valence-electron chi connectivity index (χ1n) is 3.88. The second-order valence-electron chi connectivity index (χ2n) is 2.59. The maximum atomic E-state index is 9.98. The molecule has 0 aliphatic carbocycles. The summed E-state index contributed by atoms with van der Waals surface area (Å²) in [6, 6.07) is 0. The average Bonchev–Trinajstić information content (AvgIpc) is 2.25. The van der Waals surface area contributed by atoms with Gasteiger partial charge < -0.3 is 53.5 Å². The van der Waals surface area contributed by atoms with Crippen LogP contribution in [0.4, 0.5) is 0 Å². The first kappa shape index (κ1) is 37.9. The molecule has 0 rings (SSSR count). The molecule has 6 N–H and O–H groups in total. The smallest absolute Gasteiger partial charge is 0.870 e. The number of rotatable bonds is 5. The topological polar surface area (TPSA) is 195 Å². The molecule has 0 aromatic heterocycles. The van der Waals surface area contributed by atoms with Crippen molar-refractivity contribution in [2.75, 3.05) is 6.61 Å². The van der Waals surface area contributed by atoms with Crippen molar-refractivity contribution in [3.05, 3.63) is 0 Å². The van der Waals surface area contributed by atoms with E-state index in [1.807, 2.05) is 0 Å². The van der Waals surface area contributed by atoms with E-state index in [1.54, 1.807) is 0 Å². The molecule has 102 valence electrons. The number of carboxylic acids is 1. The van der Waals surface area contributed by atoms with Gasteiger partial charge in [-0.15, -0.1) is 0 Å². The summed E-state index contributed by atoms with van der Waals surface area (Å²) < 4.78 is 0. The Kier molecular flexibility index (Phi) is 43.9. The Morgan fingerprint density at radius 2 is 1.45 bits per heavy atom. The molecular formula is C7H12NNa3O8S. The summed E-state index contributed by atoms with van der Waals surface area (Å²) in [6.45, 7) is -0.863. The predicted molar refractivity (Wildman–Crippen MR) is 51.0 cm³/mol. The van der Waals surface area contributed by atoms with E-state index in [2.05, 4.69) is 12.6 Å². The van der Waals surface area contributed by atoms with Gasteiger partial charge in [-0.05, 0) is 0 Å². The van der Waals surface area contributed by atoms with Gasteiger partial charge in [0.15, 0.2) is 0 Å². The van der Waals surface area contributed by atoms with Crippen molar-refractivity contribution in [2.45, 2.75) is 24.4 Å². The monoisotopic (exact) mass is 339 g/mol.